The van der Waals surface area contributed by atoms with Crippen molar-refractivity contribution in [3.05, 3.63) is 38.9 Å². The smallest absolute Gasteiger partial charge is 0.314 e. The van der Waals surface area contributed by atoms with Gasteiger partial charge in [-0.05, 0) is 18.6 Å². The largest absolute Gasteiger partial charge is 0.347 e. The van der Waals surface area contributed by atoms with Gasteiger partial charge in [0.25, 0.3) is 5.91 Å². The summed E-state index contributed by atoms with van der Waals surface area (Å²) in [5.41, 5.74) is 0.811. The van der Waals surface area contributed by atoms with E-state index in [1.807, 2.05) is 0 Å². The van der Waals surface area contributed by atoms with Crippen LogP contribution < -0.4 is 16.0 Å². The summed E-state index contributed by atoms with van der Waals surface area (Å²) in [7, 11) is 3.04. The number of likely N-dealkylation sites (N-methyl/N-ethyl adjacent to an activating group) is 1. The third-order valence-corrected chi connectivity index (χ3v) is 6.96. The highest BCUT2D eigenvalue weighted by atomic mass is 35.5. The summed E-state index contributed by atoms with van der Waals surface area (Å²) in [6.45, 7) is 0.768. The molecule has 2 aromatic heterocycles. The summed E-state index contributed by atoms with van der Waals surface area (Å²) in [5.74, 6) is -3.51. The van der Waals surface area contributed by atoms with Gasteiger partial charge in [0, 0.05) is 44.6 Å². The fourth-order valence-electron chi connectivity index (χ4n) is 3.83. The Kier molecular flexibility index (Phi) is 7.83. The molecule has 192 valence electrons. The third-order valence-electron chi connectivity index (χ3n) is 5.64. The summed E-state index contributed by atoms with van der Waals surface area (Å²) in [5, 5.41) is 7.89. The van der Waals surface area contributed by atoms with Gasteiger partial charge >= 0.3 is 11.8 Å². The van der Waals surface area contributed by atoms with E-state index in [9.17, 15) is 19.2 Å². The molecule has 1 aliphatic carbocycles. The topological polar surface area (TPSA) is 152 Å². The quantitative estimate of drug-likeness (QED) is 0.448. The second-order valence-electron chi connectivity index (χ2n) is 8.46. The van der Waals surface area contributed by atoms with E-state index in [-0.39, 0.29) is 17.4 Å². The molecule has 0 aromatic carbocycles. The summed E-state index contributed by atoms with van der Waals surface area (Å²) in [4.78, 5) is 60.6. The Morgan fingerprint density at radius 1 is 1.19 bits per heavy atom. The van der Waals surface area contributed by atoms with Crippen LogP contribution in [-0.4, -0.2) is 84.2 Å². The molecule has 4 amide bonds. The highest BCUT2D eigenvalue weighted by Crippen LogP contribution is 2.37. The number of anilines is 1. The average molecular weight is 537 g/mol. The van der Waals surface area contributed by atoms with Gasteiger partial charge in [0.15, 0.2) is 10.8 Å². The third kappa shape index (κ3) is 5.98. The number of carbonyl (C=O) groups excluding carboxylic acids is 4. The van der Waals surface area contributed by atoms with Gasteiger partial charge in [-0.25, -0.2) is 9.97 Å². The fourth-order valence-corrected chi connectivity index (χ4v) is 5.04. The number of aromatic nitrogens is 2. The molecule has 36 heavy (non-hydrogen) atoms. The summed E-state index contributed by atoms with van der Waals surface area (Å²) < 4.78 is 11.5. The maximum absolute atomic E-state index is 13.0. The van der Waals surface area contributed by atoms with Crippen molar-refractivity contribution >= 4 is 52.4 Å². The number of hydrogen-bond donors (Lipinski definition) is 3. The SMILES string of the molecule is CN(C)C(=O)C(CNC(=O)C(=O)Nc1ccc(Cl)cn1)NC(=O)c1nc2c(s1)CC1(CC2)OCCO1. The normalized spacial score (nSPS) is 16.6. The van der Waals surface area contributed by atoms with Crippen molar-refractivity contribution in [2.24, 2.45) is 0 Å². The van der Waals surface area contributed by atoms with E-state index in [4.69, 9.17) is 21.1 Å². The predicted octanol–water partition coefficient (Wildman–Crippen LogP) is 0.365. The van der Waals surface area contributed by atoms with Crippen LogP contribution in [0.1, 0.15) is 26.8 Å². The lowest BCUT2D eigenvalue weighted by atomic mass is 9.96. The first kappa shape index (κ1) is 25.9. The molecule has 12 nitrogen and oxygen atoms in total. The molecule has 1 spiro atoms. The van der Waals surface area contributed by atoms with Crippen molar-refractivity contribution in [1.82, 2.24) is 25.5 Å². The van der Waals surface area contributed by atoms with Crippen LogP contribution >= 0.6 is 22.9 Å². The van der Waals surface area contributed by atoms with Crippen LogP contribution in [0.25, 0.3) is 0 Å². The number of hydrogen-bond acceptors (Lipinski definition) is 9. The lowest BCUT2D eigenvalue weighted by Crippen LogP contribution is -2.53. The minimum atomic E-state index is -1.12. The van der Waals surface area contributed by atoms with Crippen LogP contribution in [-0.2, 0) is 36.7 Å². The number of aryl methyl sites for hydroxylation is 1. The van der Waals surface area contributed by atoms with Gasteiger partial charge in [0.1, 0.15) is 11.9 Å². The van der Waals surface area contributed by atoms with Crippen molar-refractivity contribution in [3.63, 3.8) is 0 Å². The Morgan fingerprint density at radius 2 is 1.94 bits per heavy atom. The number of pyridine rings is 1. The first-order valence-electron chi connectivity index (χ1n) is 11.1. The molecule has 1 fully saturated rings. The van der Waals surface area contributed by atoms with Gasteiger partial charge in [0.2, 0.25) is 5.91 Å². The first-order valence-corrected chi connectivity index (χ1v) is 12.3. The molecular formula is C22H25ClN6O6S. The highest BCUT2D eigenvalue weighted by molar-refractivity contribution is 7.13. The van der Waals surface area contributed by atoms with Crippen LogP contribution in [0.15, 0.2) is 18.3 Å². The Balaban J connectivity index is 1.37. The zero-order chi connectivity index (χ0) is 25.9. The Hall–Kier alpha value is -3.13. The number of nitrogens with one attached hydrogen (secondary N) is 3. The van der Waals surface area contributed by atoms with Crippen molar-refractivity contribution in [2.45, 2.75) is 31.1 Å². The Morgan fingerprint density at radius 3 is 2.61 bits per heavy atom. The molecule has 0 bridgehead atoms. The van der Waals surface area contributed by atoms with Crippen molar-refractivity contribution in [1.29, 1.82) is 0 Å². The molecule has 1 aliphatic heterocycles. The van der Waals surface area contributed by atoms with Crippen LogP contribution in [0.3, 0.4) is 0 Å². The van der Waals surface area contributed by atoms with Gasteiger partial charge in [-0.2, -0.15) is 0 Å². The molecule has 1 atom stereocenters. The number of nitrogens with zero attached hydrogens (tertiary/aromatic N) is 3. The molecule has 2 aliphatic rings. The van der Waals surface area contributed by atoms with E-state index < -0.39 is 35.5 Å². The molecule has 1 unspecified atom stereocenters. The van der Waals surface area contributed by atoms with E-state index >= 15 is 0 Å². The van der Waals surface area contributed by atoms with Gasteiger partial charge in [-0.3, -0.25) is 19.2 Å². The highest BCUT2D eigenvalue weighted by Gasteiger charge is 2.41. The average Bonchev–Trinajstić information content (AvgIpc) is 3.49. The molecule has 1 saturated heterocycles. The van der Waals surface area contributed by atoms with Crippen LogP contribution in [0.2, 0.25) is 5.02 Å². The van der Waals surface area contributed by atoms with E-state index in [1.54, 1.807) is 0 Å². The molecule has 3 heterocycles. The summed E-state index contributed by atoms with van der Waals surface area (Å²) in [6.07, 6.45) is 3.11. The second-order valence-corrected chi connectivity index (χ2v) is 9.98. The van der Waals surface area contributed by atoms with Crippen molar-refractivity contribution < 1.29 is 28.7 Å². The van der Waals surface area contributed by atoms with Crippen LogP contribution in [0, 0.1) is 0 Å². The van der Waals surface area contributed by atoms with Gasteiger partial charge in [0.05, 0.1) is 23.9 Å². The number of rotatable bonds is 6. The Labute approximate surface area is 215 Å². The molecule has 2 aromatic rings. The number of fused-ring (bicyclic) bond motifs is 1. The second kappa shape index (κ2) is 10.9. The van der Waals surface area contributed by atoms with Crippen LogP contribution in [0.4, 0.5) is 5.82 Å². The van der Waals surface area contributed by atoms with E-state index in [0.29, 0.717) is 37.5 Å². The van der Waals surface area contributed by atoms with Gasteiger partial charge in [-0.1, -0.05) is 11.6 Å². The lowest BCUT2D eigenvalue weighted by molar-refractivity contribution is -0.163. The molecule has 0 radical (unpaired) electrons. The minimum absolute atomic E-state index is 0.136. The monoisotopic (exact) mass is 536 g/mol. The summed E-state index contributed by atoms with van der Waals surface area (Å²) in [6, 6.07) is 1.83. The first-order chi connectivity index (χ1) is 17.2. The number of amides is 4. The standard InChI is InChI=1S/C22H25ClN6O6S/c1-29(2)21(33)14(11-25-17(30)18(31)28-16-4-3-12(23)10-24-16)26-19(32)20-27-13-5-6-22(9-15(13)36-20)34-7-8-35-22/h3-4,10,14H,5-9,11H2,1-2H3,(H,25,30)(H,26,32)(H,24,28,31). The number of ether oxygens (including phenoxy) is 2. The van der Waals surface area contributed by atoms with Crippen LogP contribution in [0.5, 0.6) is 0 Å². The fraction of sp³-hybridized carbons (Fsp3) is 0.455. The zero-order valence-corrected chi connectivity index (χ0v) is 21.2. The molecule has 4 rings (SSSR count). The maximum atomic E-state index is 13.0. The molecule has 0 saturated carbocycles. The Bertz CT molecular complexity index is 1160. The minimum Gasteiger partial charge on any atom is -0.347 e. The van der Waals surface area contributed by atoms with Crippen molar-refractivity contribution in [3.8, 4) is 0 Å². The number of halogens is 1. The maximum Gasteiger partial charge on any atom is 0.314 e. The van der Waals surface area contributed by atoms with E-state index in [0.717, 1.165) is 10.6 Å². The van der Waals surface area contributed by atoms with E-state index in [2.05, 4.69) is 25.9 Å². The molecule has 3 N–H and O–H groups in total. The van der Waals surface area contributed by atoms with E-state index in [1.165, 1.54) is 48.7 Å². The van der Waals surface area contributed by atoms with Crippen molar-refractivity contribution in [2.75, 3.05) is 39.2 Å². The number of thiazole rings is 1. The van der Waals surface area contributed by atoms with Gasteiger partial charge in [-0.15, -0.1) is 11.3 Å². The number of carbonyl (C=O) groups is 4. The lowest BCUT2D eigenvalue weighted by Gasteiger charge is -2.30. The van der Waals surface area contributed by atoms with Gasteiger partial charge < -0.3 is 30.3 Å². The summed E-state index contributed by atoms with van der Waals surface area (Å²) >= 11 is 6.98. The molecular weight excluding hydrogens is 512 g/mol. The molecule has 14 heteroatoms. The zero-order valence-electron chi connectivity index (χ0n) is 19.6. The predicted molar refractivity (Wildman–Crippen MR) is 130 cm³/mol.